The summed E-state index contributed by atoms with van der Waals surface area (Å²) in [4.78, 5) is 12.3. The van der Waals surface area contributed by atoms with Gasteiger partial charge in [0.25, 0.3) is 5.91 Å². The van der Waals surface area contributed by atoms with Crippen LogP contribution >= 0.6 is 0 Å². The lowest BCUT2D eigenvalue weighted by molar-refractivity contribution is -0.118. The van der Waals surface area contributed by atoms with Crippen molar-refractivity contribution in [2.45, 2.75) is 31.1 Å². The first kappa shape index (κ1) is 20.9. The number of ether oxygens (including phenoxy) is 1. The van der Waals surface area contributed by atoms with E-state index in [0.29, 0.717) is 17.4 Å². The van der Waals surface area contributed by atoms with Gasteiger partial charge in [0.1, 0.15) is 5.75 Å². The Morgan fingerprint density at radius 2 is 1.74 bits per heavy atom. The van der Waals surface area contributed by atoms with Gasteiger partial charge in [-0.1, -0.05) is 32.0 Å². The molecule has 0 saturated heterocycles. The average molecular weight is 391 g/mol. The topological polar surface area (TPSA) is 75.7 Å². The fourth-order valence-electron chi connectivity index (χ4n) is 2.50. The van der Waals surface area contributed by atoms with Gasteiger partial charge in [-0.3, -0.25) is 4.79 Å². The largest absolute Gasteiger partial charge is 0.483 e. The van der Waals surface area contributed by atoms with Crippen molar-refractivity contribution < 1.29 is 17.9 Å². The number of amides is 1. The summed E-state index contributed by atoms with van der Waals surface area (Å²) in [7, 11) is -0.544. The number of carbonyl (C=O) groups excluding carboxylic acids is 1. The zero-order valence-electron chi connectivity index (χ0n) is 16.1. The molecule has 1 amide bonds. The molecule has 6 nitrogen and oxygen atoms in total. The van der Waals surface area contributed by atoms with Crippen molar-refractivity contribution >= 4 is 21.6 Å². The summed E-state index contributed by atoms with van der Waals surface area (Å²) in [6, 6.07) is 13.7. The molecular formula is C20H26N2O4S. The summed E-state index contributed by atoms with van der Waals surface area (Å²) in [5, 5.41) is 2.71. The van der Waals surface area contributed by atoms with Gasteiger partial charge >= 0.3 is 0 Å². The van der Waals surface area contributed by atoms with E-state index in [2.05, 4.69) is 19.2 Å². The van der Waals surface area contributed by atoms with Crippen LogP contribution in [0.5, 0.6) is 5.75 Å². The van der Waals surface area contributed by atoms with E-state index in [4.69, 9.17) is 4.74 Å². The van der Waals surface area contributed by atoms with Gasteiger partial charge in [0.2, 0.25) is 10.0 Å². The van der Waals surface area contributed by atoms with E-state index in [9.17, 15) is 13.2 Å². The second kappa shape index (κ2) is 9.01. The Morgan fingerprint density at radius 1 is 1.11 bits per heavy atom. The van der Waals surface area contributed by atoms with Crippen LogP contribution in [-0.4, -0.2) is 39.3 Å². The van der Waals surface area contributed by atoms with Crippen molar-refractivity contribution in [3.8, 4) is 5.75 Å². The molecule has 1 atom stereocenters. The lowest BCUT2D eigenvalue weighted by Gasteiger charge is -2.15. The third-order valence-corrected chi connectivity index (χ3v) is 6.17. The van der Waals surface area contributed by atoms with Gasteiger partial charge in [0, 0.05) is 19.8 Å². The Balaban J connectivity index is 1.99. The molecule has 2 aromatic carbocycles. The lowest BCUT2D eigenvalue weighted by Crippen LogP contribution is -2.22. The zero-order chi connectivity index (χ0) is 20.0. The minimum Gasteiger partial charge on any atom is -0.483 e. The Bertz CT molecular complexity index is 877. The van der Waals surface area contributed by atoms with E-state index in [1.54, 1.807) is 12.1 Å². The normalized spacial score (nSPS) is 12.6. The smallest absolute Gasteiger partial charge is 0.262 e. The molecule has 2 aromatic rings. The predicted octanol–water partition coefficient (Wildman–Crippen LogP) is 3.47. The highest BCUT2D eigenvalue weighted by Gasteiger charge is 2.17. The summed E-state index contributed by atoms with van der Waals surface area (Å²) in [6.07, 6.45) is 0.981. The fraction of sp³-hybridized carbons (Fsp3) is 0.350. The van der Waals surface area contributed by atoms with E-state index in [1.165, 1.54) is 26.2 Å². The fourth-order valence-corrected chi connectivity index (χ4v) is 3.40. The monoisotopic (exact) mass is 390 g/mol. The summed E-state index contributed by atoms with van der Waals surface area (Å²) >= 11 is 0. The minimum atomic E-state index is -3.49. The minimum absolute atomic E-state index is 0.120. The molecule has 0 spiro atoms. The van der Waals surface area contributed by atoms with Gasteiger partial charge in [-0.2, -0.15) is 0 Å². The predicted molar refractivity (Wildman–Crippen MR) is 107 cm³/mol. The Morgan fingerprint density at radius 3 is 2.33 bits per heavy atom. The maximum atomic E-state index is 12.2. The van der Waals surface area contributed by atoms with Crippen LogP contribution in [0.15, 0.2) is 53.4 Å². The summed E-state index contributed by atoms with van der Waals surface area (Å²) in [5.41, 5.74) is 1.59. The number of hydrogen-bond acceptors (Lipinski definition) is 4. The SMILES string of the molecule is CCC(C)c1ccccc1OCC(=O)Nc1ccc(S(=O)(=O)N(C)C)cc1. The van der Waals surface area contributed by atoms with Crippen molar-refractivity contribution in [1.82, 2.24) is 4.31 Å². The molecule has 7 heteroatoms. The molecule has 0 aliphatic carbocycles. The lowest BCUT2D eigenvalue weighted by atomic mass is 9.98. The maximum absolute atomic E-state index is 12.2. The van der Waals surface area contributed by atoms with E-state index in [1.807, 2.05) is 24.3 Å². The van der Waals surface area contributed by atoms with Crippen LogP contribution in [-0.2, 0) is 14.8 Å². The zero-order valence-corrected chi connectivity index (χ0v) is 16.9. The van der Waals surface area contributed by atoms with Gasteiger partial charge in [0.05, 0.1) is 4.90 Å². The molecule has 2 rings (SSSR count). The van der Waals surface area contributed by atoms with E-state index >= 15 is 0 Å². The van der Waals surface area contributed by atoms with Gasteiger partial charge in [-0.25, -0.2) is 12.7 Å². The van der Waals surface area contributed by atoms with Crippen LogP contribution in [0.2, 0.25) is 0 Å². The van der Waals surface area contributed by atoms with Gasteiger partial charge in [-0.15, -0.1) is 0 Å². The number of benzene rings is 2. The molecule has 27 heavy (non-hydrogen) atoms. The first-order chi connectivity index (χ1) is 12.8. The second-order valence-electron chi connectivity index (χ2n) is 6.50. The van der Waals surface area contributed by atoms with Crippen molar-refractivity contribution in [1.29, 1.82) is 0 Å². The van der Waals surface area contributed by atoms with Crippen LogP contribution in [0.4, 0.5) is 5.69 Å². The molecular weight excluding hydrogens is 364 g/mol. The second-order valence-corrected chi connectivity index (χ2v) is 8.65. The van der Waals surface area contributed by atoms with Crippen molar-refractivity contribution in [2.75, 3.05) is 26.0 Å². The number of para-hydroxylation sites is 1. The van der Waals surface area contributed by atoms with Gasteiger partial charge in [-0.05, 0) is 48.2 Å². The summed E-state index contributed by atoms with van der Waals surface area (Å²) in [5.74, 6) is 0.738. The van der Waals surface area contributed by atoms with Crippen molar-refractivity contribution in [2.24, 2.45) is 0 Å². The van der Waals surface area contributed by atoms with E-state index in [0.717, 1.165) is 16.3 Å². The number of hydrogen-bond donors (Lipinski definition) is 1. The van der Waals surface area contributed by atoms with Crippen molar-refractivity contribution in [3.63, 3.8) is 0 Å². The number of nitrogens with zero attached hydrogens (tertiary/aromatic N) is 1. The maximum Gasteiger partial charge on any atom is 0.262 e. The van der Waals surface area contributed by atoms with Crippen LogP contribution in [0.1, 0.15) is 31.7 Å². The number of nitrogens with one attached hydrogen (secondary N) is 1. The Kier molecular flexibility index (Phi) is 6.98. The molecule has 0 aromatic heterocycles. The quantitative estimate of drug-likeness (QED) is 0.749. The highest BCUT2D eigenvalue weighted by Crippen LogP contribution is 2.28. The first-order valence-electron chi connectivity index (χ1n) is 8.80. The molecule has 1 N–H and O–H groups in total. The summed E-state index contributed by atoms with van der Waals surface area (Å²) < 4.78 is 30.9. The highest BCUT2D eigenvalue weighted by atomic mass is 32.2. The number of sulfonamides is 1. The van der Waals surface area contributed by atoms with E-state index in [-0.39, 0.29) is 17.4 Å². The highest BCUT2D eigenvalue weighted by molar-refractivity contribution is 7.89. The Hall–Kier alpha value is -2.38. The van der Waals surface area contributed by atoms with Crippen LogP contribution in [0, 0.1) is 0 Å². The molecule has 0 fully saturated rings. The molecule has 0 aliphatic rings. The van der Waals surface area contributed by atoms with Gasteiger partial charge < -0.3 is 10.1 Å². The molecule has 0 bridgehead atoms. The third-order valence-electron chi connectivity index (χ3n) is 4.34. The van der Waals surface area contributed by atoms with Gasteiger partial charge in [0.15, 0.2) is 6.61 Å². The molecule has 0 heterocycles. The molecule has 0 aliphatic heterocycles. The molecule has 1 unspecified atom stereocenters. The van der Waals surface area contributed by atoms with Crippen LogP contribution in [0.3, 0.4) is 0 Å². The summed E-state index contributed by atoms with van der Waals surface area (Å²) in [6.45, 7) is 4.10. The first-order valence-corrected chi connectivity index (χ1v) is 10.2. The van der Waals surface area contributed by atoms with E-state index < -0.39 is 10.0 Å². The number of anilines is 1. The molecule has 0 radical (unpaired) electrons. The standard InChI is InChI=1S/C20H26N2O4S/c1-5-15(2)18-8-6-7-9-19(18)26-14-20(23)21-16-10-12-17(13-11-16)27(24,25)22(3)4/h6-13,15H,5,14H2,1-4H3,(H,21,23). The van der Waals surface area contributed by atoms with Crippen LogP contribution < -0.4 is 10.1 Å². The van der Waals surface area contributed by atoms with Crippen LogP contribution in [0.25, 0.3) is 0 Å². The number of carbonyl (C=O) groups is 1. The molecule has 0 saturated carbocycles. The third kappa shape index (κ3) is 5.30. The van der Waals surface area contributed by atoms with Crippen molar-refractivity contribution in [3.05, 3.63) is 54.1 Å². The number of rotatable bonds is 8. The Labute approximate surface area is 161 Å². The molecule has 146 valence electrons. The average Bonchev–Trinajstić information content (AvgIpc) is 2.66.